The van der Waals surface area contributed by atoms with E-state index in [0.29, 0.717) is 0 Å². The number of para-hydroxylation sites is 2. The SMILES string of the molecule is c1ccc(-c2ccccc2N(c2ccc3c(c2)[nH]c2ccccc23)c2cccc3ccccc23)cc1. The Kier molecular flexibility index (Phi) is 4.82. The van der Waals surface area contributed by atoms with Gasteiger partial charge in [-0.1, -0.05) is 109 Å². The van der Waals surface area contributed by atoms with Gasteiger partial charge in [0, 0.05) is 38.4 Å². The fourth-order valence-electron chi connectivity index (χ4n) is 5.32. The summed E-state index contributed by atoms with van der Waals surface area (Å²) in [6, 6.07) is 49.7. The van der Waals surface area contributed by atoms with Crippen LogP contribution >= 0.6 is 0 Å². The van der Waals surface area contributed by atoms with Gasteiger partial charge in [0.05, 0.1) is 11.4 Å². The van der Waals surface area contributed by atoms with Crippen molar-refractivity contribution in [2.24, 2.45) is 0 Å². The molecule has 2 nitrogen and oxygen atoms in total. The fraction of sp³-hybridized carbons (Fsp3) is 0. The predicted octanol–water partition coefficient (Wildman–Crippen LogP) is 9.61. The van der Waals surface area contributed by atoms with Crippen molar-refractivity contribution in [3.63, 3.8) is 0 Å². The van der Waals surface area contributed by atoms with Crippen molar-refractivity contribution in [1.82, 2.24) is 4.98 Å². The lowest BCUT2D eigenvalue weighted by molar-refractivity contribution is 1.30. The van der Waals surface area contributed by atoms with E-state index < -0.39 is 0 Å². The number of nitrogens with one attached hydrogen (secondary N) is 1. The number of anilines is 3. The van der Waals surface area contributed by atoms with Gasteiger partial charge in [0.2, 0.25) is 0 Å². The van der Waals surface area contributed by atoms with Gasteiger partial charge in [-0.25, -0.2) is 0 Å². The van der Waals surface area contributed by atoms with Crippen LogP contribution < -0.4 is 4.90 Å². The Morgan fingerprint density at radius 2 is 1.11 bits per heavy atom. The smallest absolute Gasteiger partial charge is 0.0540 e. The Labute approximate surface area is 210 Å². The number of hydrogen-bond acceptors (Lipinski definition) is 1. The van der Waals surface area contributed by atoms with Crippen molar-refractivity contribution >= 4 is 49.6 Å². The maximum Gasteiger partial charge on any atom is 0.0540 e. The summed E-state index contributed by atoms with van der Waals surface area (Å²) < 4.78 is 0. The van der Waals surface area contributed by atoms with Gasteiger partial charge in [-0.15, -0.1) is 0 Å². The highest BCUT2D eigenvalue weighted by Gasteiger charge is 2.19. The highest BCUT2D eigenvalue weighted by molar-refractivity contribution is 6.09. The van der Waals surface area contributed by atoms with E-state index in [1.54, 1.807) is 0 Å². The Bertz CT molecular complexity index is 1840. The van der Waals surface area contributed by atoms with Crippen LogP contribution in [0.15, 0.2) is 140 Å². The number of aromatic nitrogens is 1. The standard InChI is InChI=1S/C34H24N2/c1-2-11-24(12-3-1)27-16-7-9-19-33(27)36(34-20-10-14-25-13-4-5-15-28(25)34)26-21-22-30-29-17-6-8-18-31(29)35-32(30)23-26/h1-23,35H. The summed E-state index contributed by atoms with van der Waals surface area (Å²) in [6.45, 7) is 0. The molecule has 7 rings (SSSR count). The predicted molar refractivity (Wildman–Crippen MR) is 153 cm³/mol. The van der Waals surface area contributed by atoms with Gasteiger partial charge >= 0.3 is 0 Å². The third-order valence-corrected chi connectivity index (χ3v) is 6.99. The Hall–Kier alpha value is -4.82. The molecule has 0 aliphatic carbocycles. The third-order valence-electron chi connectivity index (χ3n) is 6.99. The number of H-pyrrole nitrogens is 1. The van der Waals surface area contributed by atoms with E-state index in [4.69, 9.17) is 0 Å². The normalized spacial score (nSPS) is 11.3. The van der Waals surface area contributed by atoms with Crippen LogP contribution in [0.2, 0.25) is 0 Å². The monoisotopic (exact) mass is 460 g/mol. The lowest BCUT2D eigenvalue weighted by atomic mass is 10.0. The minimum atomic E-state index is 1.12. The summed E-state index contributed by atoms with van der Waals surface area (Å²) in [6.07, 6.45) is 0. The van der Waals surface area contributed by atoms with Gasteiger partial charge < -0.3 is 9.88 Å². The highest BCUT2D eigenvalue weighted by Crippen LogP contribution is 2.44. The molecule has 0 saturated carbocycles. The van der Waals surface area contributed by atoms with Gasteiger partial charge in [0.1, 0.15) is 0 Å². The average molecular weight is 461 g/mol. The second-order valence-corrected chi connectivity index (χ2v) is 9.12. The van der Waals surface area contributed by atoms with Crippen LogP contribution in [0.1, 0.15) is 0 Å². The van der Waals surface area contributed by atoms with E-state index in [9.17, 15) is 0 Å². The summed E-state index contributed by atoms with van der Waals surface area (Å²) in [5.74, 6) is 0. The zero-order chi connectivity index (χ0) is 23.9. The maximum absolute atomic E-state index is 3.63. The molecule has 1 N–H and O–H groups in total. The Morgan fingerprint density at radius 1 is 0.444 bits per heavy atom. The maximum atomic E-state index is 3.63. The molecule has 0 aliphatic heterocycles. The first-order chi connectivity index (χ1) is 17.9. The number of aromatic amines is 1. The second kappa shape index (κ2) is 8.44. The first-order valence-electron chi connectivity index (χ1n) is 12.3. The summed E-state index contributed by atoms with van der Waals surface area (Å²) in [5, 5.41) is 4.94. The number of fused-ring (bicyclic) bond motifs is 4. The lowest BCUT2D eigenvalue weighted by Crippen LogP contribution is -2.11. The zero-order valence-electron chi connectivity index (χ0n) is 19.7. The molecule has 170 valence electrons. The summed E-state index contributed by atoms with van der Waals surface area (Å²) >= 11 is 0. The third kappa shape index (κ3) is 3.35. The number of rotatable bonds is 4. The van der Waals surface area contributed by atoms with Crippen LogP contribution in [-0.2, 0) is 0 Å². The molecule has 0 aliphatic rings. The highest BCUT2D eigenvalue weighted by atomic mass is 15.1. The number of benzene rings is 6. The van der Waals surface area contributed by atoms with Crippen molar-refractivity contribution in [1.29, 1.82) is 0 Å². The van der Waals surface area contributed by atoms with Crippen molar-refractivity contribution in [2.45, 2.75) is 0 Å². The van der Waals surface area contributed by atoms with Gasteiger partial charge in [-0.05, 0) is 41.3 Å². The quantitative estimate of drug-likeness (QED) is 0.277. The molecule has 0 spiro atoms. The largest absolute Gasteiger partial charge is 0.354 e. The van der Waals surface area contributed by atoms with Gasteiger partial charge in [-0.2, -0.15) is 0 Å². The molecule has 0 unspecified atom stereocenters. The molecule has 6 aromatic carbocycles. The zero-order valence-corrected chi connectivity index (χ0v) is 19.7. The van der Waals surface area contributed by atoms with Crippen molar-refractivity contribution in [2.75, 3.05) is 4.90 Å². The van der Waals surface area contributed by atoms with Gasteiger partial charge in [0.25, 0.3) is 0 Å². The average Bonchev–Trinajstić information content (AvgIpc) is 3.32. The molecule has 0 amide bonds. The summed E-state index contributed by atoms with van der Waals surface area (Å²) in [5.41, 5.74) is 8.12. The number of nitrogens with zero attached hydrogens (tertiary/aromatic N) is 1. The minimum Gasteiger partial charge on any atom is -0.354 e. The van der Waals surface area contributed by atoms with Crippen molar-refractivity contribution < 1.29 is 0 Å². The summed E-state index contributed by atoms with van der Waals surface area (Å²) in [4.78, 5) is 6.03. The van der Waals surface area contributed by atoms with Crippen LogP contribution in [0.25, 0.3) is 43.7 Å². The first kappa shape index (κ1) is 20.5. The molecule has 0 radical (unpaired) electrons. The van der Waals surface area contributed by atoms with Gasteiger partial charge in [0.15, 0.2) is 0 Å². The van der Waals surface area contributed by atoms with Gasteiger partial charge in [-0.3, -0.25) is 0 Å². The van der Waals surface area contributed by atoms with E-state index in [-0.39, 0.29) is 0 Å². The van der Waals surface area contributed by atoms with E-state index >= 15 is 0 Å². The fourth-order valence-corrected chi connectivity index (χ4v) is 5.32. The van der Waals surface area contributed by atoms with E-state index in [1.807, 2.05) is 0 Å². The molecule has 1 heterocycles. The summed E-state index contributed by atoms with van der Waals surface area (Å²) in [7, 11) is 0. The van der Waals surface area contributed by atoms with E-state index in [2.05, 4.69) is 149 Å². The molecule has 2 heteroatoms. The molecule has 0 atom stereocenters. The van der Waals surface area contributed by atoms with E-state index in [1.165, 1.54) is 32.7 Å². The van der Waals surface area contributed by atoms with E-state index in [0.717, 1.165) is 28.1 Å². The van der Waals surface area contributed by atoms with Crippen molar-refractivity contribution in [3.8, 4) is 11.1 Å². The minimum absolute atomic E-state index is 1.12. The molecular formula is C34H24N2. The van der Waals surface area contributed by atoms with Crippen molar-refractivity contribution in [3.05, 3.63) is 140 Å². The molecule has 0 saturated heterocycles. The molecule has 7 aromatic rings. The number of hydrogen-bond donors (Lipinski definition) is 1. The van der Waals surface area contributed by atoms with Crippen LogP contribution in [0.4, 0.5) is 17.1 Å². The van der Waals surface area contributed by atoms with Crippen LogP contribution in [0, 0.1) is 0 Å². The van der Waals surface area contributed by atoms with Crippen LogP contribution in [-0.4, -0.2) is 4.98 Å². The molecule has 1 aromatic heterocycles. The molecular weight excluding hydrogens is 436 g/mol. The molecule has 36 heavy (non-hydrogen) atoms. The second-order valence-electron chi connectivity index (χ2n) is 9.12. The van der Waals surface area contributed by atoms with Crippen LogP contribution in [0.5, 0.6) is 0 Å². The first-order valence-corrected chi connectivity index (χ1v) is 12.3. The van der Waals surface area contributed by atoms with Crippen LogP contribution in [0.3, 0.4) is 0 Å². The molecule has 0 bridgehead atoms. The lowest BCUT2D eigenvalue weighted by Gasteiger charge is -2.29. The Balaban J connectivity index is 1.52. The molecule has 0 fully saturated rings. The topological polar surface area (TPSA) is 19.0 Å². The Morgan fingerprint density at radius 3 is 2.03 bits per heavy atom.